The number of ether oxygens (including phenoxy) is 1. The van der Waals surface area contributed by atoms with Crippen molar-refractivity contribution >= 4 is 11.6 Å². The summed E-state index contributed by atoms with van der Waals surface area (Å²) in [7, 11) is 0. The van der Waals surface area contributed by atoms with Crippen LogP contribution in [0.5, 0.6) is 0 Å². The number of primary amides is 1. The average Bonchev–Trinajstić information content (AvgIpc) is 2.29. The Morgan fingerprint density at radius 1 is 1.39 bits per heavy atom. The molecule has 4 nitrogen and oxygen atoms in total. The van der Waals surface area contributed by atoms with Gasteiger partial charge in [0.25, 0.3) is 0 Å². The molecular weight excluding hydrogens is 228 g/mol. The van der Waals surface area contributed by atoms with E-state index in [0.29, 0.717) is 23.8 Å². The van der Waals surface area contributed by atoms with Gasteiger partial charge < -0.3 is 16.2 Å². The normalized spacial score (nSPS) is 10.8. The largest absolute Gasteiger partial charge is 0.398 e. The Morgan fingerprint density at radius 2 is 2.11 bits per heavy atom. The van der Waals surface area contributed by atoms with Crippen LogP contribution in [0.15, 0.2) is 18.2 Å². The SMILES string of the molecule is CC(C)CCCOCc1ccc(C(N)=O)cc1N. The second kappa shape index (κ2) is 7.01. The molecule has 0 radical (unpaired) electrons. The zero-order chi connectivity index (χ0) is 13.5. The van der Waals surface area contributed by atoms with E-state index in [9.17, 15) is 4.79 Å². The van der Waals surface area contributed by atoms with Crippen molar-refractivity contribution in [1.29, 1.82) is 0 Å². The molecule has 0 heterocycles. The molecule has 1 amide bonds. The monoisotopic (exact) mass is 250 g/mol. The Morgan fingerprint density at radius 3 is 2.67 bits per heavy atom. The van der Waals surface area contributed by atoms with Crippen molar-refractivity contribution in [2.75, 3.05) is 12.3 Å². The third-order valence-electron chi connectivity index (χ3n) is 2.76. The fourth-order valence-corrected chi connectivity index (χ4v) is 1.66. The molecule has 0 fully saturated rings. The molecule has 0 saturated heterocycles. The van der Waals surface area contributed by atoms with Crippen LogP contribution < -0.4 is 11.5 Å². The van der Waals surface area contributed by atoms with E-state index in [1.165, 1.54) is 0 Å². The molecule has 0 aliphatic rings. The molecular formula is C14H22N2O2. The summed E-state index contributed by atoms with van der Waals surface area (Å²) in [6.45, 7) is 5.60. The van der Waals surface area contributed by atoms with Crippen molar-refractivity contribution < 1.29 is 9.53 Å². The number of hydrogen-bond donors (Lipinski definition) is 2. The highest BCUT2D eigenvalue weighted by atomic mass is 16.5. The van der Waals surface area contributed by atoms with Gasteiger partial charge in [0, 0.05) is 23.4 Å². The summed E-state index contributed by atoms with van der Waals surface area (Å²) in [6.07, 6.45) is 2.22. The molecule has 0 aromatic heterocycles. The number of amides is 1. The summed E-state index contributed by atoms with van der Waals surface area (Å²) in [5.41, 5.74) is 12.9. The van der Waals surface area contributed by atoms with Gasteiger partial charge in [0.2, 0.25) is 5.91 Å². The van der Waals surface area contributed by atoms with Crippen molar-refractivity contribution in [3.05, 3.63) is 29.3 Å². The minimum atomic E-state index is -0.467. The lowest BCUT2D eigenvalue weighted by atomic mass is 10.1. The van der Waals surface area contributed by atoms with Gasteiger partial charge in [-0.2, -0.15) is 0 Å². The Balaban J connectivity index is 2.41. The lowest BCUT2D eigenvalue weighted by Gasteiger charge is -2.09. The summed E-state index contributed by atoms with van der Waals surface area (Å²) < 4.78 is 5.56. The van der Waals surface area contributed by atoms with Gasteiger partial charge in [0.1, 0.15) is 0 Å². The molecule has 18 heavy (non-hydrogen) atoms. The van der Waals surface area contributed by atoms with Crippen LogP contribution in [-0.4, -0.2) is 12.5 Å². The van der Waals surface area contributed by atoms with E-state index in [1.807, 2.05) is 0 Å². The smallest absolute Gasteiger partial charge is 0.248 e. The van der Waals surface area contributed by atoms with Gasteiger partial charge in [-0.25, -0.2) is 0 Å². The topological polar surface area (TPSA) is 78.3 Å². The van der Waals surface area contributed by atoms with Crippen LogP contribution in [0.1, 0.15) is 42.6 Å². The summed E-state index contributed by atoms with van der Waals surface area (Å²) >= 11 is 0. The average molecular weight is 250 g/mol. The number of carbonyl (C=O) groups is 1. The molecule has 0 atom stereocenters. The van der Waals surface area contributed by atoms with Gasteiger partial charge in [-0.15, -0.1) is 0 Å². The predicted octanol–water partition coefficient (Wildman–Crippen LogP) is 2.32. The third kappa shape index (κ3) is 4.75. The first-order valence-electron chi connectivity index (χ1n) is 6.26. The maximum atomic E-state index is 11.0. The molecule has 1 rings (SSSR count). The third-order valence-corrected chi connectivity index (χ3v) is 2.76. The highest BCUT2D eigenvalue weighted by Crippen LogP contribution is 2.15. The highest BCUT2D eigenvalue weighted by Gasteiger charge is 2.05. The van der Waals surface area contributed by atoms with Crippen LogP contribution in [0.3, 0.4) is 0 Å². The number of benzene rings is 1. The first kappa shape index (κ1) is 14.5. The predicted molar refractivity (Wildman–Crippen MR) is 73.1 cm³/mol. The van der Waals surface area contributed by atoms with Crippen molar-refractivity contribution in [3.63, 3.8) is 0 Å². The molecule has 4 N–H and O–H groups in total. The van der Waals surface area contributed by atoms with E-state index in [-0.39, 0.29) is 0 Å². The van der Waals surface area contributed by atoms with E-state index in [2.05, 4.69) is 13.8 Å². The lowest BCUT2D eigenvalue weighted by Crippen LogP contribution is -2.12. The van der Waals surface area contributed by atoms with Crippen LogP contribution in [0.25, 0.3) is 0 Å². The van der Waals surface area contributed by atoms with Crippen LogP contribution in [0.4, 0.5) is 5.69 Å². The zero-order valence-corrected chi connectivity index (χ0v) is 11.1. The van der Waals surface area contributed by atoms with Crippen molar-refractivity contribution in [3.8, 4) is 0 Å². The maximum absolute atomic E-state index is 11.0. The van der Waals surface area contributed by atoms with Gasteiger partial charge in [-0.05, 0) is 30.9 Å². The molecule has 1 aromatic rings. The quantitative estimate of drug-likeness (QED) is 0.576. The Hall–Kier alpha value is -1.55. The number of nitrogens with two attached hydrogens (primary N) is 2. The van der Waals surface area contributed by atoms with Gasteiger partial charge in [0.05, 0.1) is 6.61 Å². The van der Waals surface area contributed by atoms with Gasteiger partial charge in [0.15, 0.2) is 0 Å². The van der Waals surface area contributed by atoms with Gasteiger partial charge >= 0.3 is 0 Å². The van der Waals surface area contributed by atoms with E-state index >= 15 is 0 Å². The van der Waals surface area contributed by atoms with E-state index in [0.717, 1.165) is 25.0 Å². The minimum absolute atomic E-state index is 0.427. The molecule has 0 aliphatic heterocycles. The number of nitrogen functional groups attached to an aromatic ring is 1. The number of hydrogen-bond acceptors (Lipinski definition) is 3. The molecule has 0 aliphatic carbocycles. The Bertz CT molecular complexity index is 403. The number of rotatable bonds is 7. The molecule has 0 saturated carbocycles. The first-order valence-corrected chi connectivity index (χ1v) is 6.26. The molecule has 100 valence electrons. The van der Waals surface area contributed by atoms with Crippen LogP contribution in [-0.2, 0) is 11.3 Å². The van der Waals surface area contributed by atoms with Crippen molar-refractivity contribution in [2.45, 2.75) is 33.3 Å². The van der Waals surface area contributed by atoms with Gasteiger partial charge in [-0.3, -0.25) is 4.79 Å². The minimum Gasteiger partial charge on any atom is -0.398 e. The van der Waals surface area contributed by atoms with E-state index < -0.39 is 5.91 Å². The van der Waals surface area contributed by atoms with E-state index in [1.54, 1.807) is 18.2 Å². The molecule has 0 spiro atoms. The number of anilines is 1. The Kier molecular flexibility index (Phi) is 5.65. The van der Waals surface area contributed by atoms with Crippen molar-refractivity contribution in [1.82, 2.24) is 0 Å². The molecule has 0 unspecified atom stereocenters. The molecule has 0 bridgehead atoms. The second-order valence-electron chi connectivity index (χ2n) is 4.87. The first-order chi connectivity index (χ1) is 8.50. The summed E-state index contributed by atoms with van der Waals surface area (Å²) in [4.78, 5) is 11.0. The standard InChI is InChI=1S/C14H22N2O2/c1-10(2)4-3-7-18-9-12-6-5-11(14(16)17)8-13(12)15/h5-6,8,10H,3-4,7,9,15H2,1-2H3,(H2,16,17). The Labute approximate surface area is 108 Å². The van der Waals surface area contributed by atoms with E-state index in [4.69, 9.17) is 16.2 Å². The summed E-state index contributed by atoms with van der Waals surface area (Å²) in [6, 6.07) is 5.05. The number of carbonyl (C=O) groups excluding carboxylic acids is 1. The summed E-state index contributed by atoms with van der Waals surface area (Å²) in [5.74, 6) is 0.236. The summed E-state index contributed by atoms with van der Waals surface area (Å²) in [5, 5.41) is 0. The molecule has 1 aromatic carbocycles. The molecule has 4 heteroatoms. The second-order valence-corrected chi connectivity index (χ2v) is 4.87. The van der Waals surface area contributed by atoms with Crippen LogP contribution >= 0.6 is 0 Å². The maximum Gasteiger partial charge on any atom is 0.248 e. The highest BCUT2D eigenvalue weighted by molar-refractivity contribution is 5.93. The van der Waals surface area contributed by atoms with Crippen molar-refractivity contribution in [2.24, 2.45) is 11.7 Å². The van der Waals surface area contributed by atoms with Crippen LogP contribution in [0, 0.1) is 5.92 Å². The lowest BCUT2D eigenvalue weighted by molar-refractivity contribution is 0.0999. The fraction of sp³-hybridized carbons (Fsp3) is 0.500. The fourth-order valence-electron chi connectivity index (χ4n) is 1.66. The van der Waals surface area contributed by atoms with Gasteiger partial charge in [-0.1, -0.05) is 19.9 Å². The van der Waals surface area contributed by atoms with Crippen LogP contribution in [0.2, 0.25) is 0 Å². The zero-order valence-electron chi connectivity index (χ0n) is 11.1.